The summed E-state index contributed by atoms with van der Waals surface area (Å²) >= 11 is 0. The summed E-state index contributed by atoms with van der Waals surface area (Å²) < 4.78 is 5.27. The highest BCUT2D eigenvalue weighted by atomic mass is 16.5. The number of ether oxygens (including phenoxy) is 1. The van der Waals surface area contributed by atoms with Gasteiger partial charge in [0.1, 0.15) is 12.2 Å². The molecule has 0 aromatic carbocycles. The number of amides is 2. The third-order valence-corrected chi connectivity index (χ3v) is 3.13. The number of carboxylic acid groups (broad SMARTS) is 1. The number of aliphatic hydroxyl groups excluding tert-OH is 2. The van der Waals surface area contributed by atoms with Crippen LogP contribution in [0.25, 0.3) is 0 Å². The molecule has 1 aliphatic rings. The van der Waals surface area contributed by atoms with Crippen LogP contribution in [-0.2, 0) is 19.1 Å². The summed E-state index contributed by atoms with van der Waals surface area (Å²) in [5.41, 5.74) is 0. The number of nitrogens with one attached hydrogen (secondary N) is 2. The maximum atomic E-state index is 11.3. The van der Waals surface area contributed by atoms with Crippen LogP contribution < -0.4 is 10.6 Å². The lowest BCUT2D eigenvalue weighted by atomic mass is 9.92. The highest BCUT2D eigenvalue weighted by Gasteiger charge is 2.43. The first-order chi connectivity index (χ1) is 10.1. The molecule has 1 aliphatic heterocycles. The number of carbonyl (C=O) groups excluding carboxylic acids is 2. The van der Waals surface area contributed by atoms with Crippen molar-refractivity contribution in [2.75, 3.05) is 0 Å². The molecule has 0 saturated carbocycles. The van der Waals surface area contributed by atoms with Gasteiger partial charge in [0.25, 0.3) is 0 Å². The minimum atomic E-state index is -1.41. The molecule has 0 radical (unpaired) electrons. The van der Waals surface area contributed by atoms with Gasteiger partial charge in [-0.15, -0.1) is 0 Å². The van der Waals surface area contributed by atoms with Gasteiger partial charge in [-0.05, 0) is 13.0 Å². The first kappa shape index (κ1) is 17.9. The molecule has 1 unspecified atom stereocenters. The van der Waals surface area contributed by atoms with Gasteiger partial charge >= 0.3 is 5.97 Å². The van der Waals surface area contributed by atoms with E-state index in [-0.39, 0.29) is 0 Å². The van der Waals surface area contributed by atoms with Crippen LogP contribution in [0, 0.1) is 0 Å². The van der Waals surface area contributed by atoms with E-state index in [9.17, 15) is 24.6 Å². The fourth-order valence-electron chi connectivity index (χ4n) is 2.24. The zero-order chi connectivity index (χ0) is 17.0. The van der Waals surface area contributed by atoms with E-state index in [1.54, 1.807) is 0 Å². The Morgan fingerprint density at radius 1 is 1.27 bits per heavy atom. The van der Waals surface area contributed by atoms with E-state index in [0.717, 1.165) is 6.08 Å². The Hall–Kier alpha value is -2.13. The second-order valence-electron chi connectivity index (χ2n) is 5.10. The monoisotopic (exact) mass is 316 g/mol. The molecule has 2 amide bonds. The largest absolute Gasteiger partial charge is 0.479 e. The van der Waals surface area contributed by atoms with Crippen molar-refractivity contribution in [3.8, 4) is 0 Å². The van der Waals surface area contributed by atoms with Crippen molar-refractivity contribution in [3.05, 3.63) is 11.8 Å². The van der Waals surface area contributed by atoms with Crippen LogP contribution in [0.5, 0.6) is 0 Å². The molecule has 5 N–H and O–H groups in total. The topological polar surface area (TPSA) is 145 Å². The predicted octanol–water partition coefficient (Wildman–Crippen LogP) is -1.90. The van der Waals surface area contributed by atoms with Crippen molar-refractivity contribution in [3.63, 3.8) is 0 Å². The molecule has 9 heteroatoms. The molecule has 0 aliphatic carbocycles. The Morgan fingerprint density at radius 2 is 1.86 bits per heavy atom. The molecular formula is C13H20N2O7. The van der Waals surface area contributed by atoms with Gasteiger partial charge in [0.2, 0.25) is 17.6 Å². The van der Waals surface area contributed by atoms with Crippen LogP contribution in [0.15, 0.2) is 11.8 Å². The Kier molecular flexibility index (Phi) is 5.89. The van der Waals surface area contributed by atoms with E-state index in [4.69, 9.17) is 9.84 Å². The molecule has 124 valence electrons. The quantitative estimate of drug-likeness (QED) is 0.398. The summed E-state index contributed by atoms with van der Waals surface area (Å²) in [6.45, 7) is 3.81. The van der Waals surface area contributed by atoms with Gasteiger partial charge < -0.3 is 30.7 Å². The normalized spacial score (nSPS) is 27.0. The Balaban J connectivity index is 3.17. The van der Waals surface area contributed by atoms with Gasteiger partial charge in [-0.1, -0.05) is 0 Å². The SMILES string of the molecule is CC(=O)N[C@H]1C([C@H](NC(C)=O)[C@@H](C)O)OC(C(=O)O)=C[C@H]1O. The van der Waals surface area contributed by atoms with Crippen LogP contribution in [0.1, 0.15) is 20.8 Å². The zero-order valence-corrected chi connectivity index (χ0v) is 12.4. The van der Waals surface area contributed by atoms with Crippen LogP contribution in [0.3, 0.4) is 0 Å². The summed E-state index contributed by atoms with van der Waals surface area (Å²) in [6, 6.07) is -2.04. The van der Waals surface area contributed by atoms with E-state index in [2.05, 4.69) is 10.6 Å². The van der Waals surface area contributed by atoms with Crippen molar-refractivity contribution in [1.29, 1.82) is 0 Å². The first-order valence-electron chi connectivity index (χ1n) is 6.65. The van der Waals surface area contributed by atoms with Crippen LogP contribution in [-0.4, -0.2) is 63.5 Å². The fourth-order valence-corrected chi connectivity index (χ4v) is 2.24. The number of carbonyl (C=O) groups is 3. The van der Waals surface area contributed by atoms with Crippen molar-refractivity contribution in [2.24, 2.45) is 0 Å². The third kappa shape index (κ3) is 4.43. The van der Waals surface area contributed by atoms with E-state index >= 15 is 0 Å². The van der Waals surface area contributed by atoms with E-state index in [0.29, 0.717) is 0 Å². The lowest BCUT2D eigenvalue weighted by Gasteiger charge is -2.39. The minimum absolute atomic E-state index is 0.475. The fraction of sp³-hybridized carbons (Fsp3) is 0.615. The maximum absolute atomic E-state index is 11.3. The zero-order valence-electron chi connectivity index (χ0n) is 12.4. The van der Waals surface area contributed by atoms with Gasteiger partial charge in [-0.3, -0.25) is 9.59 Å². The van der Waals surface area contributed by atoms with E-state index < -0.39 is 53.9 Å². The standard InChI is InChI=1S/C13H20N2O7/c1-5(16)10(14-6(2)17)12-11(15-7(3)18)8(19)4-9(22-12)13(20)21/h4-5,8,10-12,16,19H,1-3H3,(H,14,17)(H,15,18)(H,20,21)/t5-,8-,10-,11-,12?/m1/s1. The number of rotatable bonds is 5. The second-order valence-corrected chi connectivity index (χ2v) is 5.10. The second kappa shape index (κ2) is 7.23. The summed E-state index contributed by atoms with van der Waals surface area (Å²) in [7, 11) is 0. The van der Waals surface area contributed by atoms with Gasteiger partial charge in [-0.2, -0.15) is 0 Å². The van der Waals surface area contributed by atoms with Gasteiger partial charge in [0.05, 0.1) is 18.2 Å². The lowest BCUT2D eigenvalue weighted by Crippen LogP contribution is -2.63. The molecule has 5 atom stereocenters. The molecular weight excluding hydrogens is 296 g/mol. The maximum Gasteiger partial charge on any atom is 0.370 e. The summed E-state index contributed by atoms with van der Waals surface area (Å²) in [5, 5.41) is 33.7. The van der Waals surface area contributed by atoms with Gasteiger partial charge in [0.15, 0.2) is 0 Å². The summed E-state index contributed by atoms with van der Waals surface area (Å²) in [5.74, 6) is -2.87. The molecule has 0 aromatic rings. The number of hydrogen-bond acceptors (Lipinski definition) is 6. The van der Waals surface area contributed by atoms with E-state index in [1.807, 2.05) is 0 Å². The molecule has 0 bridgehead atoms. The van der Waals surface area contributed by atoms with Crippen molar-refractivity contribution < 1.29 is 34.4 Å². The molecule has 22 heavy (non-hydrogen) atoms. The highest BCUT2D eigenvalue weighted by Crippen LogP contribution is 2.23. The lowest BCUT2D eigenvalue weighted by molar-refractivity contribution is -0.142. The summed E-state index contributed by atoms with van der Waals surface area (Å²) in [4.78, 5) is 33.6. The molecule has 0 aromatic heterocycles. The van der Waals surface area contributed by atoms with Crippen LogP contribution in [0.4, 0.5) is 0 Å². The van der Waals surface area contributed by atoms with Gasteiger partial charge in [-0.25, -0.2) is 4.79 Å². The molecule has 0 fully saturated rings. The molecule has 0 spiro atoms. The van der Waals surface area contributed by atoms with Gasteiger partial charge in [0, 0.05) is 13.8 Å². The van der Waals surface area contributed by atoms with Crippen molar-refractivity contribution >= 4 is 17.8 Å². The third-order valence-electron chi connectivity index (χ3n) is 3.13. The number of carboxylic acids is 1. The summed E-state index contributed by atoms with van der Waals surface area (Å²) in [6.07, 6.45) is -2.65. The highest BCUT2D eigenvalue weighted by molar-refractivity contribution is 5.84. The predicted molar refractivity (Wildman–Crippen MR) is 73.5 cm³/mol. The molecule has 1 rings (SSSR count). The molecule has 1 heterocycles. The Bertz CT molecular complexity index is 489. The smallest absolute Gasteiger partial charge is 0.370 e. The van der Waals surface area contributed by atoms with Crippen LogP contribution in [0.2, 0.25) is 0 Å². The number of hydrogen-bond donors (Lipinski definition) is 5. The molecule has 9 nitrogen and oxygen atoms in total. The van der Waals surface area contributed by atoms with E-state index in [1.165, 1.54) is 20.8 Å². The van der Waals surface area contributed by atoms with Crippen molar-refractivity contribution in [1.82, 2.24) is 10.6 Å². The first-order valence-corrected chi connectivity index (χ1v) is 6.65. The number of aliphatic carboxylic acids is 1. The average Bonchev–Trinajstić information content (AvgIpc) is 2.37. The minimum Gasteiger partial charge on any atom is -0.479 e. The Morgan fingerprint density at radius 3 is 2.27 bits per heavy atom. The van der Waals surface area contributed by atoms with Crippen LogP contribution >= 0.6 is 0 Å². The average molecular weight is 316 g/mol. The Labute approximate surface area is 127 Å². The molecule has 0 saturated heterocycles. The van der Waals surface area contributed by atoms with Crippen molar-refractivity contribution in [2.45, 2.75) is 51.2 Å². The number of aliphatic hydroxyl groups is 2.